The summed E-state index contributed by atoms with van der Waals surface area (Å²) >= 11 is 0. The monoisotopic (exact) mass is 580 g/mol. The molecule has 0 bridgehead atoms. The second-order valence-corrected chi connectivity index (χ2v) is 4.55. The average molecular weight is 581 g/mol. The number of hydrogen-bond acceptors (Lipinski definition) is 0. The first-order valence-electron chi connectivity index (χ1n) is 6.71. The molecule has 0 aliphatic rings. The maximum absolute atomic E-state index is 2.23. The van der Waals surface area contributed by atoms with Crippen LogP contribution >= 0.6 is 0 Å². The summed E-state index contributed by atoms with van der Waals surface area (Å²) in [5.41, 5.74) is 1.48. The third-order valence-electron chi connectivity index (χ3n) is 3.10. The summed E-state index contributed by atoms with van der Waals surface area (Å²) in [4.78, 5) is 0. The Morgan fingerprint density at radius 1 is 0.952 bits per heavy atom. The van der Waals surface area contributed by atoms with Gasteiger partial charge >= 0.3 is 26.2 Å². The van der Waals surface area contributed by atoms with Crippen molar-refractivity contribution >= 4 is 10.8 Å². The fourth-order valence-corrected chi connectivity index (χ4v) is 2.03. The molecule has 0 heterocycles. The van der Waals surface area contributed by atoms with Crippen LogP contribution in [0.3, 0.4) is 0 Å². The third-order valence-corrected chi connectivity index (χ3v) is 3.10. The van der Waals surface area contributed by atoms with E-state index in [-0.39, 0.29) is 74.2 Å². The molecule has 0 nitrogen and oxygen atoms in total. The van der Waals surface area contributed by atoms with Crippen molar-refractivity contribution in [3.63, 3.8) is 0 Å². The van der Waals surface area contributed by atoms with Gasteiger partial charge in [-0.25, -0.2) is 12.1 Å². The van der Waals surface area contributed by atoms with Crippen molar-refractivity contribution in [1.82, 2.24) is 0 Å². The minimum atomic E-state index is 0. The van der Waals surface area contributed by atoms with Crippen LogP contribution in [-0.2, 0) is 32.6 Å². The summed E-state index contributed by atoms with van der Waals surface area (Å²) in [5.74, 6) is 0. The normalized spacial score (nSPS) is 8.62. The van der Waals surface area contributed by atoms with Crippen molar-refractivity contribution in [2.75, 3.05) is 0 Å². The van der Waals surface area contributed by atoms with Gasteiger partial charge in [0.25, 0.3) is 0 Å². The molecule has 0 N–H and O–H groups in total. The molecule has 3 aromatic rings. The van der Waals surface area contributed by atoms with Crippen molar-refractivity contribution in [3.8, 4) is 0 Å². The van der Waals surface area contributed by atoms with Gasteiger partial charge in [0.1, 0.15) is 0 Å². The smallest absolute Gasteiger partial charge is 1.00 e. The molecule has 21 heavy (non-hydrogen) atoms. The Labute approximate surface area is 181 Å². The molecule has 0 saturated heterocycles. The first-order valence-corrected chi connectivity index (χ1v) is 6.71. The van der Waals surface area contributed by atoms with Crippen molar-refractivity contribution in [1.29, 1.82) is 0 Å². The number of hydrogen-bond donors (Lipinski definition) is 0. The average Bonchev–Trinajstić information content (AvgIpc) is 3.08. The number of halogens is 2. The van der Waals surface area contributed by atoms with E-state index in [1.807, 2.05) is 0 Å². The van der Waals surface area contributed by atoms with Crippen LogP contribution in [0.2, 0.25) is 0 Å². The van der Waals surface area contributed by atoms with E-state index in [4.69, 9.17) is 0 Å². The summed E-state index contributed by atoms with van der Waals surface area (Å²) in [6.45, 7) is 2.23. The number of fused-ring (bicyclic) bond motifs is 1. The van der Waals surface area contributed by atoms with Gasteiger partial charge < -0.3 is 48.0 Å². The van der Waals surface area contributed by atoms with Gasteiger partial charge in [-0.05, 0) is 0 Å². The van der Waals surface area contributed by atoms with Gasteiger partial charge in [-0.3, -0.25) is 0 Å². The van der Waals surface area contributed by atoms with Crippen molar-refractivity contribution in [2.24, 2.45) is 0 Å². The van der Waals surface area contributed by atoms with Crippen LogP contribution in [0.5, 0.6) is 0 Å². The molecule has 3 heteroatoms. The minimum absolute atomic E-state index is 0. The van der Waals surface area contributed by atoms with Gasteiger partial charge in [0.2, 0.25) is 0 Å². The number of unbranched alkanes of at least 4 members (excludes halogenated alkanes) is 1. The Morgan fingerprint density at radius 3 is 2.24 bits per heavy atom. The summed E-state index contributed by atoms with van der Waals surface area (Å²) in [6.07, 6.45) is 3.87. The molecular formula is C18H20I2Zr. The molecule has 0 unspecified atom stereocenters. The molecule has 3 aromatic carbocycles. The largest absolute Gasteiger partial charge is 4.00 e. The zero-order chi connectivity index (χ0) is 12.6. The molecule has 110 valence electrons. The van der Waals surface area contributed by atoms with E-state index in [2.05, 4.69) is 73.7 Å². The molecule has 0 aromatic heterocycles. The summed E-state index contributed by atoms with van der Waals surface area (Å²) in [5, 5.41) is 2.66. The Morgan fingerprint density at radius 2 is 1.62 bits per heavy atom. The van der Waals surface area contributed by atoms with Gasteiger partial charge in [-0.2, -0.15) is 35.2 Å². The summed E-state index contributed by atoms with van der Waals surface area (Å²) in [7, 11) is 0. The summed E-state index contributed by atoms with van der Waals surface area (Å²) < 4.78 is 0. The fraction of sp³-hybridized carbons (Fsp3) is 0.222. The third kappa shape index (κ3) is 8.66. The van der Waals surface area contributed by atoms with E-state index in [1.54, 1.807) is 0 Å². The van der Waals surface area contributed by atoms with Crippen molar-refractivity contribution < 1.29 is 74.2 Å². The van der Waals surface area contributed by atoms with Crippen molar-refractivity contribution in [3.05, 3.63) is 72.3 Å². The molecule has 0 saturated carbocycles. The van der Waals surface area contributed by atoms with Crippen LogP contribution in [0, 0.1) is 0 Å². The minimum Gasteiger partial charge on any atom is -1.00 e. The Bertz CT molecular complexity index is 525. The topological polar surface area (TPSA) is 0 Å². The van der Waals surface area contributed by atoms with E-state index >= 15 is 0 Å². The molecule has 0 aliphatic carbocycles. The number of benzene rings is 1. The van der Waals surface area contributed by atoms with Gasteiger partial charge in [0.15, 0.2) is 0 Å². The van der Waals surface area contributed by atoms with Crippen LogP contribution < -0.4 is 48.0 Å². The molecule has 0 atom stereocenters. The van der Waals surface area contributed by atoms with Crippen LogP contribution in [0.1, 0.15) is 25.3 Å². The number of aryl methyl sites for hydroxylation is 1. The van der Waals surface area contributed by atoms with E-state index in [0.29, 0.717) is 0 Å². The van der Waals surface area contributed by atoms with Crippen LogP contribution in [0.25, 0.3) is 10.8 Å². The van der Waals surface area contributed by atoms with E-state index in [9.17, 15) is 0 Å². The van der Waals surface area contributed by atoms with Crippen LogP contribution in [0.4, 0.5) is 0 Å². The van der Waals surface area contributed by atoms with Crippen LogP contribution in [0.15, 0.2) is 66.7 Å². The first kappa shape index (κ1) is 23.8. The zero-order valence-corrected chi connectivity index (χ0v) is 19.0. The summed E-state index contributed by atoms with van der Waals surface area (Å²) in [6, 6.07) is 23.3. The van der Waals surface area contributed by atoms with Gasteiger partial charge in [-0.15, -0.1) is 29.7 Å². The molecule has 0 spiro atoms. The molecule has 0 fully saturated rings. The molecular weight excluding hydrogens is 561 g/mol. The standard InChI is InChI=1S/C9H7.C9H13.2HI.Zr/c1-2-5-9-7-3-6-8(9)4-1;1-2-3-6-9-7-4-5-8-9;;;/h1-7H;4-5,7-8H,2-3,6H2,1H3;2*1H;/q2*-1;;;+4/p-2. The van der Waals surface area contributed by atoms with Crippen molar-refractivity contribution in [2.45, 2.75) is 26.2 Å². The Hall–Kier alpha value is 0.523. The first-order chi connectivity index (χ1) is 8.90. The van der Waals surface area contributed by atoms with Gasteiger partial charge in [0, 0.05) is 0 Å². The maximum Gasteiger partial charge on any atom is 4.00 e. The van der Waals surface area contributed by atoms with Gasteiger partial charge in [0.05, 0.1) is 0 Å². The quantitative estimate of drug-likeness (QED) is 0.284. The molecule has 0 amide bonds. The fourth-order valence-electron chi connectivity index (χ4n) is 2.03. The van der Waals surface area contributed by atoms with E-state index in [1.165, 1.54) is 35.6 Å². The predicted octanol–water partition coefficient (Wildman–Crippen LogP) is -0.688. The maximum atomic E-state index is 2.23. The van der Waals surface area contributed by atoms with E-state index < -0.39 is 0 Å². The Balaban J connectivity index is 0. The second kappa shape index (κ2) is 14.1. The molecule has 3 rings (SSSR count). The van der Waals surface area contributed by atoms with Crippen LogP contribution in [-0.4, -0.2) is 0 Å². The SMILES string of the molecule is CCCC[c-]1cccc1.[I-].[I-].[Zr+4].c1ccc2[cH-]ccc2c1. The van der Waals surface area contributed by atoms with Gasteiger partial charge in [-0.1, -0.05) is 32.3 Å². The molecule has 0 aliphatic heterocycles. The molecule has 0 radical (unpaired) electrons. The number of rotatable bonds is 3. The second-order valence-electron chi connectivity index (χ2n) is 4.55. The Kier molecular flexibility index (Phi) is 16.0. The predicted molar refractivity (Wildman–Crippen MR) is 80.2 cm³/mol. The zero-order valence-electron chi connectivity index (χ0n) is 12.2. The van der Waals surface area contributed by atoms with E-state index in [0.717, 1.165) is 0 Å².